The molecule has 1 saturated heterocycles. The van der Waals surface area contributed by atoms with Crippen molar-refractivity contribution in [1.29, 1.82) is 0 Å². The van der Waals surface area contributed by atoms with Crippen molar-refractivity contribution in [1.82, 2.24) is 5.32 Å². The number of rotatable bonds is 7. The molecule has 1 aromatic rings. The van der Waals surface area contributed by atoms with Gasteiger partial charge in [-0.25, -0.2) is 8.42 Å². The van der Waals surface area contributed by atoms with Gasteiger partial charge in [-0.2, -0.15) is 0 Å². The first kappa shape index (κ1) is 20.3. The van der Waals surface area contributed by atoms with E-state index in [-0.39, 0.29) is 23.6 Å². The Hall–Kier alpha value is -1.40. The van der Waals surface area contributed by atoms with Gasteiger partial charge >= 0.3 is 0 Å². The highest BCUT2D eigenvalue weighted by Crippen LogP contribution is 2.26. The number of carbonyl (C=O) groups excluding carboxylic acids is 1. The highest BCUT2D eigenvalue weighted by atomic mass is 32.2. The van der Waals surface area contributed by atoms with Crippen LogP contribution in [0, 0.1) is 0 Å². The fraction of sp³-hybridized carbons (Fsp3) is 0.667. The van der Waals surface area contributed by atoms with Crippen molar-refractivity contribution in [2.45, 2.75) is 68.2 Å². The number of sulfone groups is 1. The molecule has 1 aliphatic heterocycles. The van der Waals surface area contributed by atoms with Crippen LogP contribution in [0.1, 0.15) is 57.8 Å². The molecule has 1 amide bonds. The minimum atomic E-state index is -3.40. The van der Waals surface area contributed by atoms with Crippen LogP contribution in [0.4, 0.5) is 0 Å². The lowest BCUT2D eigenvalue weighted by Crippen LogP contribution is -3.22. The van der Waals surface area contributed by atoms with E-state index in [1.807, 2.05) is 0 Å². The zero-order valence-electron chi connectivity index (χ0n) is 16.2. The number of amides is 1. The van der Waals surface area contributed by atoms with Crippen LogP contribution in [-0.2, 0) is 14.6 Å². The lowest BCUT2D eigenvalue weighted by Gasteiger charge is -2.45. The molecule has 1 heterocycles. The monoisotopic (exact) mass is 393 g/mol. The Morgan fingerprint density at radius 1 is 0.963 bits per heavy atom. The van der Waals surface area contributed by atoms with Gasteiger partial charge in [-0.15, -0.1) is 0 Å². The number of hydrogen-bond acceptors (Lipinski definition) is 3. The average molecular weight is 394 g/mol. The normalized spacial score (nSPS) is 20.9. The summed E-state index contributed by atoms with van der Waals surface area (Å²) >= 11 is 0. The molecular formula is C21H33N2O3S+. The number of carbonyl (C=O) groups is 1. The highest BCUT2D eigenvalue weighted by Gasteiger charge is 2.42. The third-order valence-corrected chi connectivity index (χ3v) is 8.07. The summed E-state index contributed by atoms with van der Waals surface area (Å²) in [6, 6.07) is 8.38. The quantitative estimate of drug-likeness (QED) is 0.741. The van der Waals surface area contributed by atoms with Crippen molar-refractivity contribution in [2.24, 2.45) is 0 Å². The van der Waals surface area contributed by atoms with Gasteiger partial charge in [0, 0.05) is 19.3 Å². The summed E-state index contributed by atoms with van der Waals surface area (Å²) in [6.45, 7) is 3.10. The van der Waals surface area contributed by atoms with Crippen LogP contribution in [0.5, 0.6) is 0 Å². The van der Waals surface area contributed by atoms with E-state index in [9.17, 15) is 13.2 Å². The first-order valence-corrected chi connectivity index (χ1v) is 12.1. The van der Waals surface area contributed by atoms with Gasteiger partial charge in [-0.1, -0.05) is 24.6 Å². The van der Waals surface area contributed by atoms with Crippen LogP contribution in [-0.4, -0.2) is 45.3 Å². The molecule has 6 heteroatoms. The van der Waals surface area contributed by atoms with Gasteiger partial charge in [0.1, 0.15) is 5.54 Å². The lowest BCUT2D eigenvalue weighted by atomic mass is 9.79. The molecule has 2 fully saturated rings. The summed E-state index contributed by atoms with van der Waals surface area (Å²) in [4.78, 5) is 14.4. The van der Waals surface area contributed by atoms with Crippen molar-refractivity contribution in [3.05, 3.63) is 30.3 Å². The van der Waals surface area contributed by atoms with Crippen molar-refractivity contribution in [2.75, 3.05) is 25.4 Å². The van der Waals surface area contributed by atoms with Gasteiger partial charge in [0.15, 0.2) is 9.84 Å². The zero-order chi connectivity index (χ0) is 19.2. The summed E-state index contributed by atoms with van der Waals surface area (Å²) in [5.74, 6) is -0.275. The molecule has 3 rings (SSSR count). The predicted octanol–water partition coefficient (Wildman–Crippen LogP) is 1.74. The maximum absolute atomic E-state index is 12.4. The molecule has 0 bridgehead atoms. The van der Waals surface area contributed by atoms with Crippen LogP contribution < -0.4 is 10.2 Å². The first-order chi connectivity index (χ1) is 13.0. The second-order valence-electron chi connectivity index (χ2n) is 8.16. The molecule has 1 saturated carbocycles. The second-order valence-corrected chi connectivity index (χ2v) is 10.3. The summed E-state index contributed by atoms with van der Waals surface area (Å²) in [5, 5.41) is 3.09. The Bertz CT molecular complexity index is 706. The van der Waals surface area contributed by atoms with Crippen LogP contribution >= 0.6 is 0 Å². The molecule has 2 N–H and O–H groups in total. The van der Waals surface area contributed by atoms with Crippen LogP contribution in [0.3, 0.4) is 0 Å². The third kappa shape index (κ3) is 5.32. The molecule has 1 aromatic carbocycles. The van der Waals surface area contributed by atoms with E-state index in [4.69, 9.17) is 0 Å². The zero-order valence-corrected chi connectivity index (χ0v) is 17.0. The highest BCUT2D eigenvalue weighted by molar-refractivity contribution is 7.91. The Labute approximate surface area is 163 Å². The molecule has 0 radical (unpaired) electrons. The topological polar surface area (TPSA) is 67.7 Å². The van der Waals surface area contributed by atoms with E-state index >= 15 is 0 Å². The molecular weight excluding hydrogens is 360 g/mol. The number of benzene rings is 1. The second kappa shape index (κ2) is 9.20. The first-order valence-electron chi connectivity index (χ1n) is 10.4. The van der Waals surface area contributed by atoms with E-state index in [1.165, 1.54) is 64.5 Å². The van der Waals surface area contributed by atoms with Crippen molar-refractivity contribution < 1.29 is 18.1 Å². The number of piperidine rings is 1. The molecule has 0 spiro atoms. The SMILES string of the molecule is O=C(CCS(=O)(=O)c1ccccc1)NCC1([NH+]2CCCCC2)CCCCC1. The fourth-order valence-corrected chi connectivity index (χ4v) is 5.98. The standard InChI is InChI=1S/C21H32N2O3S/c24-20(12-17-27(25,26)19-10-4-1-5-11-19)22-18-21(13-6-2-7-14-21)23-15-8-3-9-16-23/h1,4-5,10-11H,2-3,6-9,12-18H2,(H,22,24)/p+1. The van der Waals surface area contributed by atoms with E-state index in [0.717, 1.165) is 0 Å². The smallest absolute Gasteiger partial charge is 0.221 e. The van der Waals surface area contributed by atoms with Gasteiger partial charge < -0.3 is 10.2 Å². The van der Waals surface area contributed by atoms with E-state index in [1.54, 1.807) is 35.2 Å². The number of quaternary nitrogens is 1. The Balaban J connectivity index is 1.55. The van der Waals surface area contributed by atoms with E-state index in [0.29, 0.717) is 11.4 Å². The number of likely N-dealkylation sites (tertiary alicyclic amines) is 1. The number of hydrogen-bond donors (Lipinski definition) is 2. The minimum Gasteiger partial charge on any atom is -0.350 e. The van der Waals surface area contributed by atoms with Crippen molar-refractivity contribution >= 4 is 15.7 Å². The van der Waals surface area contributed by atoms with Gasteiger partial charge in [-0.05, 0) is 44.2 Å². The van der Waals surface area contributed by atoms with Crippen LogP contribution in [0.2, 0.25) is 0 Å². The van der Waals surface area contributed by atoms with Crippen LogP contribution in [0.25, 0.3) is 0 Å². The fourth-order valence-electron chi connectivity index (χ4n) is 4.72. The summed E-state index contributed by atoms with van der Waals surface area (Å²) in [5.41, 5.74) is 0.159. The largest absolute Gasteiger partial charge is 0.350 e. The van der Waals surface area contributed by atoms with E-state index in [2.05, 4.69) is 5.32 Å². The molecule has 2 aliphatic rings. The Morgan fingerprint density at radius 2 is 1.59 bits per heavy atom. The minimum absolute atomic E-state index is 0.0304. The molecule has 0 atom stereocenters. The maximum atomic E-state index is 12.4. The van der Waals surface area contributed by atoms with Gasteiger partial charge in [0.25, 0.3) is 0 Å². The molecule has 150 valence electrons. The molecule has 0 unspecified atom stereocenters. The van der Waals surface area contributed by atoms with Crippen molar-refractivity contribution in [3.8, 4) is 0 Å². The van der Waals surface area contributed by atoms with Gasteiger partial charge in [0.05, 0.1) is 30.3 Å². The van der Waals surface area contributed by atoms with E-state index < -0.39 is 9.84 Å². The summed E-state index contributed by atoms with van der Waals surface area (Å²) < 4.78 is 24.7. The molecule has 0 aromatic heterocycles. The van der Waals surface area contributed by atoms with Crippen molar-refractivity contribution in [3.63, 3.8) is 0 Å². The summed E-state index contributed by atoms with van der Waals surface area (Å²) in [6.07, 6.45) is 10.0. The Morgan fingerprint density at radius 3 is 2.26 bits per heavy atom. The van der Waals surface area contributed by atoms with Gasteiger partial charge in [-0.3, -0.25) is 4.79 Å². The number of nitrogens with one attached hydrogen (secondary N) is 2. The maximum Gasteiger partial charge on any atom is 0.221 e. The average Bonchev–Trinajstić information content (AvgIpc) is 2.73. The predicted molar refractivity (Wildman–Crippen MR) is 106 cm³/mol. The molecule has 1 aliphatic carbocycles. The Kier molecular flexibility index (Phi) is 6.93. The third-order valence-electron chi connectivity index (χ3n) is 6.34. The molecule has 27 heavy (non-hydrogen) atoms. The molecule has 5 nitrogen and oxygen atoms in total. The van der Waals surface area contributed by atoms with Gasteiger partial charge in [0.2, 0.25) is 5.91 Å². The van der Waals surface area contributed by atoms with Crippen LogP contribution in [0.15, 0.2) is 35.2 Å². The lowest BCUT2D eigenvalue weighted by molar-refractivity contribution is -0.957. The summed E-state index contributed by atoms with van der Waals surface area (Å²) in [7, 11) is -3.40.